The number of benzene rings is 1. The predicted molar refractivity (Wildman–Crippen MR) is 88.4 cm³/mol. The van der Waals surface area contributed by atoms with Crippen molar-refractivity contribution in [3.63, 3.8) is 0 Å². The molecule has 0 saturated heterocycles. The van der Waals surface area contributed by atoms with Gasteiger partial charge >= 0.3 is 0 Å². The Hall–Kier alpha value is -1.75. The molecular formula is C18H26N2O3. The van der Waals surface area contributed by atoms with Crippen molar-refractivity contribution in [3.05, 3.63) is 24.3 Å². The highest BCUT2D eigenvalue weighted by molar-refractivity contribution is 5.80. The van der Waals surface area contributed by atoms with Crippen LogP contribution in [0, 0.1) is 17.8 Å². The monoisotopic (exact) mass is 318 g/mol. The topological polar surface area (TPSA) is 64.8 Å². The van der Waals surface area contributed by atoms with E-state index in [1.807, 2.05) is 31.3 Å². The maximum absolute atomic E-state index is 12.7. The van der Waals surface area contributed by atoms with Crippen LogP contribution in [0.2, 0.25) is 0 Å². The van der Waals surface area contributed by atoms with Crippen molar-refractivity contribution in [1.29, 1.82) is 0 Å². The summed E-state index contributed by atoms with van der Waals surface area (Å²) in [4.78, 5) is 14.4. The second-order valence-corrected chi connectivity index (χ2v) is 6.70. The molecule has 0 unspecified atom stereocenters. The molecule has 2 aliphatic rings. The number of methoxy groups -OCH3 is 1. The minimum absolute atomic E-state index is 0.00464. The maximum atomic E-state index is 12.7. The summed E-state index contributed by atoms with van der Waals surface area (Å²) < 4.78 is 11.0. The second kappa shape index (κ2) is 6.79. The van der Waals surface area contributed by atoms with Crippen molar-refractivity contribution < 1.29 is 14.3 Å². The van der Waals surface area contributed by atoms with Crippen LogP contribution in [0.3, 0.4) is 0 Å². The third-order valence-electron chi connectivity index (χ3n) is 5.40. The zero-order valence-electron chi connectivity index (χ0n) is 13.9. The van der Waals surface area contributed by atoms with Crippen LogP contribution in [-0.4, -0.2) is 44.2 Å². The average molecular weight is 318 g/mol. The first-order valence-corrected chi connectivity index (χ1v) is 8.38. The number of amides is 1. The SMILES string of the molecule is COc1ccccc1OCCN(C)C(=O)[C@@H]1[C@H]2CC[C@@H](C2)[C@@H]1N. The number of nitrogens with zero attached hydrogens (tertiary/aromatic N) is 1. The molecule has 2 saturated carbocycles. The minimum Gasteiger partial charge on any atom is -0.493 e. The fourth-order valence-corrected chi connectivity index (χ4v) is 4.10. The van der Waals surface area contributed by atoms with Gasteiger partial charge in [0, 0.05) is 13.1 Å². The molecule has 1 aromatic rings. The van der Waals surface area contributed by atoms with E-state index < -0.39 is 0 Å². The summed E-state index contributed by atoms with van der Waals surface area (Å²) in [7, 11) is 3.46. The molecule has 5 heteroatoms. The molecule has 0 aromatic heterocycles. The summed E-state index contributed by atoms with van der Waals surface area (Å²) in [6.07, 6.45) is 3.47. The second-order valence-electron chi connectivity index (χ2n) is 6.70. The standard InChI is InChI=1S/C18H26N2O3/c1-20(9-10-23-15-6-4-3-5-14(15)22-2)18(21)16-12-7-8-13(11-12)17(16)19/h3-6,12-13,16-17H,7-11,19H2,1-2H3/t12-,13-,16+,17-/m0/s1. The first-order chi connectivity index (χ1) is 11.1. The Labute approximate surface area is 137 Å². The number of carbonyl (C=O) groups is 1. The van der Waals surface area contributed by atoms with Crippen LogP contribution in [0.4, 0.5) is 0 Å². The third kappa shape index (κ3) is 3.15. The predicted octanol–water partition coefficient (Wildman–Crippen LogP) is 1.91. The van der Waals surface area contributed by atoms with E-state index in [1.165, 1.54) is 6.42 Å². The Bertz CT molecular complexity index is 561. The van der Waals surface area contributed by atoms with E-state index >= 15 is 0 Å². The Kier molecular flexibility index (Phi) is 4.76. The summed E-state index contributed by atoms with van der Waals surface area (Å²) in [5.41, 5.74) is 6.27. The highest BCUT2D eigenvalue weighted by Gasteiger charge is 2.49. The number of carbonyl (C=O) groups excluding carboxylic acids is 1. The summed E-state index contributed by atoms with van der Waals surface area (Å²) in [5.74, 6) is 2.62. The van der Waals surface area contributed by atoms with E-state index in [0.717, 1.165) is 12.8 Å². The number of rotatable bonds is 6. The van der Waals surface area contributed by atoms with Gasteiger partial charge in [-0.25, -0.2) is 0 Å². The lowest BCUT2D eigenvalue weighted by Gasteiger charge is -2.30. The third-order valence-corrected chi connectivity index (χ3v) is 5.40. The number of fused-ring (bicyclic) bond motifs is 2. The zero-order valence-corrected chi connectivity index (χ0v) is 13.9. The fraction of sp³-hybridized carbons (Fsp3) is 0.611. The molecular weight excluding hydrogens is 292 g/mol. The van der Waals surface area contributed by atoms with E-state index in [-0.39, 0.29) is 17.9 Å². The van der Waals surface area contributed by atoms with Gasteiger partial charge in [-0.15, -0.1) is 0 Å². The Morgan fingerprint density at radius 2 is 1.96 bits per heavy atom. The Morgan fingerprint density at radius 1 is 1.26 bits per heavy atom. The van der Waals surface area contributed by atoms with Crippen molar-refractivity contribution in [2.24, 2.45) is 23.5 Å². The van der Waals surface area contributed by atoms with E-state index in [4.69, 9.17) is 15.2 Å². The molecule has 3 rings (SSSR count). The molecule has 2 aliphatic carbocycles. The van der Waals surface area contributed by atoms with Crippen molar-refractivity contribution in [2.75, 3.05) is 27.3 Å². The molecule has 0 heterocycles. The van der Waals surface area contributed by atoms with Gasteiger partial charge in [0.1, 0.15) is 6.61 Å². The van der Waals surface area contributed by atoms with Gasteiger partial charge < -0.3 is 20.1 Å². The van der Waals surface area contributed by atoms with Gasteiger partial charge in [0.15, 0.2) is 11.5 Å². The molecule has 0 spiro atoms. The normalized spacial score (nSPS) is 28.7. The molecule has 2 bridgehead atoms. The van der Waals surface area contributed by atoms with Gasteiger partial charge in [-0.1, -0.05) is 12.1 Å². The number of ether oxygens (including phenoxy) is 2. The Morgan fingerprint density at radius 3 is 2.61 bits per heavy atom. The van der Waals surface area contributed by atoms with Crippen LogP contribution >= 0.6 is 0 Å². The number of para-hydroxylation sites is 2. The average Bonchev–Trinajstić information content (AvgIpc) is 3.15. The van der Waals surface area contributed by atoms with Crippen LogP contribution in [-0.2, 0) is 4.79 Å². The number of likely N-dealkylation sites (N-methyl/N-ethyl adjacent to an activating group) is 1. The number of hydrogen-bond donors (Lipinski definition) is 1. The molecule has 1 aromatic carbocycles. The maximum Gasteiger partial charge on any atom is 0.227 e. The first-order valence-electron chi connectivity index (χ1n) is 8.38. The molecule has 5 nitrogen and oxygen atoms in total. The first kappa shape index (κ1) is 16.1. The van der Waals surface area contributed by atoms with Crippen LogP contribution in [0.15, 0.2) is 24.3 Å². The summed E-state index contributed by atoms with van der Waals surface area (Å²) in [6.45, 7) is 0.996. The van der Waals surface area contributed by atoms with Crippen LogP contribution in [0.1, 0.15) is 19.3 Å². The minimum atomic E-state index is 0.00464. The van der Waals surface area contributed by atoms with Crippen molar-refractivity contribution in [2.45, 2.75) is 25.3 Å². The van der Waals surface area contributed by atoms with Gasteiger partial charge in [0.25, 0.3) is 0 Å². The Balaban J connectivity index is 1.51. The van der Waals surface area contributed by atoms with Crippen LogP contribution in [0.5, 0.6) is 11.5 Å². The lowest BCUT2D eigenvalue weighted by molar-refractivity contribution is -0.136. The van der Waals surface area contributed by atoms with Crippen molar-refractivity contribution in [1.82, 2.24) is 4.90 Å². The van der Waals surface area contributed by atoms with E-state index in [1.54, 1.807) is 12.0 Å². The quantitative estimate of drug-likeness (QED) is 0.870. The molecule has 1 amide bonds. The molecule has 23 heavy (non-hydrogen) atoms. The van der Waals surface area contributed by atoms with Gasteiger partial charge in [-0.05, 0) is 43.2 Å². The molecule has 126 valence electrons. The molecule has 2 fully saturated rings. The molecule has 4 atom stereocenters. The van der Waals surface area contributed by atoms with Crippen molar-refractivity contribution >= 4 is 5.91 Å². The molecule has 2 N–H and O–H groups in total. The highest BCUT2D eigenvalue weighted by Crippen LogP contribution is 2.48. The van der Waals surface area contributed by atoms with Gasteiger partial charge in [-0.2, -0.15) is 0 Å². The van der Waals surface area contributed by atoms with Gasteiger partial charge in [-0.3, -0.25) is 4.79 Å². The van der Waals surface area contributed by atoms with E-state index in [2.05, 4.69) is 0 Å². The number of nitrogens with two attached hydrogens (primary N) is 1. The van der Waals surface area contributed by atoms with Crippen LogP contribution < -0.4 is 15.2 Å². The van der Waals surface area contributed by atoms with Gasteiger partial charge in [0.2, 0.25) is 5.91 Å². The fourth-order valence-electron chi connectivity index (χ4n) is 4.10. The smallest absolute Gasteiger partial charge is 0.227 e. The van der Waals surface area contributed by atoms with E-state index in [0.29, 0.717) is 36.5 Å². The van der Waals surface area contributed by atoms with Crippen LogP contribution in [0.25, 0.3) is 0 Å². The highest BCUT2D eigenvalue weighted by atomic mass is 16.5. The lowest BCUT2D eigenvalue weighted by Crippen LogP contribution is -2.46. The van der Waals surface area contributed by atoms with Gasteiger partial charge in [0.05, 0.1) is 19.6 Å². The van der Waals surface area contributed by atoms with E-state index in [9.17, 15) is 4.79 Å². The van der Waals surface area contributed by atoms with Crippen molar-refractivity contribution in [3.8, 4) is 11.5 Å². The largest absolute Gasteiger partial charge is 0.493 e. The molecule has 0 aliphatic heterocycles. The summed E-state index contributed by atoms with van der Waals surface area (Å²) >= 11 is 0. The summed E-state index contributed by atoms with van der Waals surface area (Å²) in [5, 5.41) is 0. The number of hydrogen-bond acceptors (Lipinski definition) is 4. The zero-order chi connectivity index (χ0) is 16.4. The summed E-state index contributed by atoms with van der Waals surface area (Å²) in [6, 6.07) is 7.57. The molecule has 0 radical (unpaired) electrons. The lowest BCUT2D eigenvalue weighted by atomic mass is 9.84.